The van der Waals surface area contributed by atoms with Gasteiger partial charge in [0.1, 0.15) is 0 Å². The maximum Gasteiger partial charge on any atom is 0.270 e. The fourth-order valence-corrected chi connectivity index (χ4v) is 6.31. The maximum atomic E-state index is 13.1. The van der Waals surface area contributed by atoms with Gasteiger partial charge in [-0.3, -0.25) is 10.1 Å². The fraction of sp³-hybridized carbons (Fsp3) is 0.250. The highest BCUT2D eigenvalue weighted by molar-refractivity contribution is 8.01. The Morgan fingerprint density at radius 2 is 1.92 bits per heavy atom. The minimum absolute atomic E-state index is 0.0248. The van der Waals surface area contributed by atoms with Crippen LogP contribution in [0.5, 0.6) is 0 Å². The molecule has 2 aromatic rings. The number of aryl methyl sites for hydroxylation is 1. The van der Waals surface area contributed by atoms with Crippen molar-refractivity contribution >= 4 is 39.1 Å². The molecule has 0 N–H and O–H groups in total. The number of sulfonamides is 1. The second-order valence-corrected chi connectivity index (χ2v) is 9.08. The van der Waals surface area contributed by atoms with Crippen LogP contribution in [0.15, 0.2) is 47.4 Å². The van der Waals surface area contributed by atoms with E-state index in [2.05, 4.69) is 0 Å². The molecule has 0 radical (unpaired) electrons. The molecule has 25 heavy (non-hydrogen) atoms. The number of benzene rings is 2. The zero-order valence-electron chi connectivity index (χ0n) is 13.3. The lowest BCUT2D eigenvalue weighted by Crippen LogP contribution is -2.31. The summed E-state index contributed by atoms with van der Waals surface area (Å²) in [5.74, 6) is 0.653. The molecule has 1 saturated heterocycles. The Morgan fingerprint density at radius 1 is 1.24 bits per heavy atom. The molecule has 1 atom stereocenters. The second-order valence-electron chi connectivity index (χ2n) is 5.60. The Morgan fingerprint density at radius 3 is 2.56 bits per heavy atom. The molecule has 1 fully saturated rings. The molecule has 0 spiro atoms. The average Bonchev–Trinajstić information content (AvgIpc) is 3.06. The summed E-state index contributed by atoms with van der Waals surface area (Å²) in [6.07, 6.45) is 0. The van der Waals surface area contributed by atoms with Crippen molar-refractivity contribution in [2.45, 2.75) is 17.2 Å². The zero-order valence-corrected chi connectivity index (χ0v) is 15.6. The average molecular weight is 399 g/mol. The van der Waals surface area contributed by atoms with Gasteiger partial charge in [0.15, 0.2) is 0 Å². The minimum atomic E-state index is -3.86. The first-order valence-corrected chi connectivity index (χ1v) is 10.3. The van der Waals surface area contributed by atoms with E-state index >= 15 is 0 Å². The molecule has 1 heterocycles. The lowest BCUT2D eigenvalue weighted by Gasteiger charge is -2.24. The van der Waals surface area contributed by atoms with Gasteiger partial charge < -0.3 is 0 Å². The van der Waals surface area contributed by atoms with Gasteiger partial charge in [0.25, 0.3) is 5.69 Å². The van der Waals surface area contributed by atoms with Crippen LogP contribution in [0.1, 0.15) is 16.5 Å². The summed E-state index contributed by atoms with van der Waals surface area (Å²) >= 11 is 7.42. The van der Waals surface area contributed by atoms with E-state index < -0.39 is 14.9 Å². The fourth-order valence-electron chi connectivity index (χ4n) is 2.70. The van der Waals surface area contributed by atoms with Crippen LogP contribution in [0.25, 0.3) is 0 Å². The minimum Gasteiger partial charge on any atom is -0.258 e. The summed E-state index contributed by atoms with van der Waals surface area (Å²) < 4.78 is 27.7. The predicted octanol–water partition coefficient (Wildman–Crippen LogP) is 3.99. The van der Waals surface area contributed by atoms with Gasteiger partial charge in [0.05, 0.1) is 15.2 Å². The Labute approximate surface area is 155 Å². The van der Waals surface area contributed by atoms with E-state index in [-0.39, 0.29) is 16.0 Å². The highest BCUT2D eigenvalue weighted by atomic mass is 35.5. The number of hydrogen-bond donors (Lipinski definition) is 0. The summed E-state index contributed by atoms with van der Waals surface area (Å²) in [4.78, 5) is 10.4. The lowest BCUT2D eigenvalue weighted by atomic mass is 10.2. The third kappa shape index (κ3) is 3.52. The summed E-state index contributed by atoms with van der Waals surface area (Å²) in [5.41, 5.74) is 1.08. The summed E-state index contributed by atoms with van der Waals surface area (Å²) in [7, 11) is -3.86. The molecular weight excluding hydrogens is 384 g/mol. The van der Waals surface area contributed by atoms with Crippen molar-refractivity contribution in [1.82, 2.24) is 4.31 Å². The first kappa shape index (κ1) is 18.2. The first-order chi connectivity index (χ1) is 11.8. The molecule has 132 valence electrons. The van der Waals surface area contributed by atoms with Crippen LogP contribution in [-0.4, -0.2) is 29.9 Å². The molecule has 3 rings (SSSR count). The van der Waals surface area contributed by atoms with Gasteiger partial charge in [0.2, 0.25) is 10.0 Å². The molecule has 6 nitrogen and oxygen atoms in total. The Bertz CT molecular complexity index is 916. The third-order valence-electron chi connectivity index (χ3n) is 3.97. The predicted molar refractivity (Wildman–Crippen MR) is 98.4 cm³/mol. The van der Waals surface area contributed by atoms with Crippen LogP contribution < -0.4 is 0 Å². The van der Waals surface area contributed by atoms with E-state index in [4.69, 9.17) is 11.6 Å². The van der Waals surface area contributed by atoms with Crippen molar-refractivity contribution in [3.05, 3.63) is 68.7 Å². The zero-order chi connectivity index (χ0) is 18.2. The van der Waals surface area contributed by atoms with Gasteiger partial charge in [-0.2, -0.15) is 4.31 Å². The molecule has 0 aliphatic carbocycles. The van der Waals surface area contributed by atoms with Gasteiger partial charge in [-0.05, 0) is 30.2 Å². The molecule has 9 heteroatoms. The Balaban J connectivity index is 2.03. The van der Waals surface area contributed by atoms with E-state index in [1.807, 2.05) is 0 Å². The van der Waals surface area contributed by atoms with E-state index in [9.17, 15) is 18.5 Å². The van der Waals surface area contributed by atoms with E-state index in [1.165, 1.54) is 28.2 Å². The lowest BCUT2D eigenvalue weighted by molar-refractivity contribution is -0.385. The molecule has 0 unspecified atom stereocenters. The maximum absolute atomic E-state index is 13.1. The molecule has 0 aromatic heterocycles. The number of rotatable bonds is 4. The number of non-ortho nitro benzene ring substituents is 1. The smallest absolute Gasteiger partial charge is 0.258 e. The van der Waals surface area contributed by atoms with Crippen molar-refractivity contribution in [3.63, 3.8) is 0 Å². The Kier molecular flexibility index (Phi) is 5.06. The van der Waals surface area contributed by atoms with Crippen molar-refractivity contribution in [1.29, 1.82) is 0 Å². The van der Waals surface area contributed by atoms with E-state index in [0.717, 1.165) is 11.6 Å². The number of halogens is 1. The Hall–Kier alpha value is -1.61. The van der Waals surface area contributed by atoms with Crippen LogP contribution in [-0.2, 0) is 10.0 Å². The summed E-state index contributed by atoms with van der Waals surface area (Å²) in [6, 6.07) is 10.9. The molecule has 0 saturated carbocycles. The van der Waals surface area contributed by atoms with Crippen LogP contribution in [0.4, 0.5) is 5.69 Å². The highest BCUT2D eigenvalue weighted by Gasteiger charge is 2.38. The standard InChI is InChI=1S/C16H15ClN2O4S2/c1-11-2-7-14(19(20)21)10-15(11)25(22,23)18-8-9-24-16(18)12-3-5-13(17)6-4-12/h2-7,10,16H,8-9H2,1H3/t16-/m0/s1. The van der Waals surface area contributed by atoms with Gasteiger partial charge in [-0.15, -0.1) is 11.8 Å². The largest absolute Gasteiger partial charge is 0.270 e. The number of nitro benzene ring substituents is 1. The van der Waals surface area contributed by atoms with E-state index in [0.29, 0.717) is 22.9 Å². The van der Waals surface area contributed by atoms with Crippen LogP contribution in [0.2, 0.25) is 5.02 Å². The van der Waals surface area contributed by atoms with Crippen molar-refractivity contribution < 1.29 is 13.3 Å². The highest BCUT2D eigenvalue weighted by Crippen LogP contribution is 2.42. The number of thioether (sulfide) groups is 1. The van der Waals surface area contributed by atoms with Gasteiger partial charge in [0, 0.05) is 29.5 Å². The van der Waals surface area contributed by atoms with Crippen molar-refractivity contribution in [3.8, 4) is 0 Å². The van der Waals surface area contributed by atoms with Crippen LogP contribution in [0, 0.1) is 17.0 Å². The van der Waals surface area contributed by atoms with Crippen molar-refractivity contribution in [2.24, 2.45) is 0 Å². The molecule has 0 amide bonds. The molecule has 1 aliphatic rings. The van der Waals surface area contributed by atoms with Gasteiger partial charge in [-0.25, -0.2) is 8.42 Å². The quantitative estimate of drug-likeness (QED) is 0.574. The molecule has 1 aliphatic heterocycles. The molecule has 2 aromatic carbocycles. The first-order valence-electron chi connectivity index (χ1n) is 7.44. The summed E-state index contributed by atoms with van der Waals surface area (Å²) in [6.45, 7) is 1.99. The van der Waals surface area contributed by atoms with Gasteiger partial charge >= 0.3 is 0 Å². The normalized spacial score (nSPS) is 18.4. The second kappa shape index (κ2) is 6.95. The van der Waals surface area contributed by atoms with E-state index in [1.54, 1.807) is 31.2 Å². The summed E-state index contributed by atoms with van der Waals surface area (Å²) in [5, 5.41) is 11.2. The van der Waals surface area contributed by atoms with Crippen molar-refractivity contribution in [2.75, 3.05) is 12.3 Å². The third-order valence-corrected chi connectivity index (χ3v) is 7.63. The number of nitrogens with zero attached hydrogens (tertiary/aromatic N) is 2. The topological polar surface area (TPSA) is 80.5 Å². The molecule has 0 bridgehead atoms. The number of nitro groups is 1. The monoisotopic (exact) mass is 398 g/mol. The van der Waals surface area contributed by atoms with Crippen LogP contribution >= 0.6 is 23.4 Å². The SMILES string of the molecule is Cc1ccc([N+](=O)[O-])cc1S(=O)(=O)N1CCS[C@H]1c1ccc(Cl)cc1. The van der Waals surface area contributed by atoms with Gasteiger partial charge in [-0.1, -0.05) is 29.8 Å². The van der Waals surface area contributed by atoms with Crippen LogP contribution in [0.3, 0.4) is 0 Å². The number of hydrogen-bond acceptors (Lipinski definition) is 5. The molecular formula is C16H15ClN2O4S2.